The van der Waals surface area contributed by atoms with Crippen LogP contribution in [0.5, 0.6) is 0 Å². The summed E-state index contributed by atoms with van der Waals surface area (Å²) in [7, 11) is 0. The molecule has 0 amide bonds. The number of hydrogen-bond acceptors (Lipinski definition) is 3. The van der Waals surface area contributed by atoms with Crippen molar-refractivity contribution in [2.24, 2.45) is 11.8 Å². The molecule has 1 N–H and O–H groups in total. The van der Waals surface area contributed by atoms with Crippen molar-refractivity contribution < 1.29 is 4.74 Å². The number of rotatable bonds is 5. The number of aromatic nitrogens is 2. The second kappa shape index (κ2) is 6.06. The van der Waals surface area contributed by atoms with E-state index in [1.54, 1.807) is 0 Å². The van der Waals surface area contributed by atoms with Crippen molar-refractivity contribution in [2.75, 3.05) is 6.54 Å². The lowest BCUT2D eigenvalue weighted by molar-refractivity contribution is 0.0475. The molecule has 0 aromatic carbocycles. The standard InChI is InChI=1S/C15H27N3O/c1-6-16-15(13-8-17-18(7-2)9-13)14-10(3)11(4)19-12(14)5/h8-12,14-16H,6-7H2,1-5H3. The minimum absolute atomic E-state index is 0.291. The van der Waals surface area contributed by atoms with Crippen molar-refractivity contribution in [3.05, 3.63) is 18.0 Å². The Kier molecular flexibility index (Phi) is 4.63. The van der Waals surface area contributed by atoms with Crippen LogP contribution in [0.1, 0.15) is 46.2 Å². The second-order valence-electron chi connectivity index (χ2n) is 5.65. The SMILES string of the molecule is CCNC(c1cnn(CC)c1)C1C(C)OC(C)C1C. The van der Waals surface area contributed by atoms with Crippen LogP contribution in [0.25, 0.3) is 0 Å². The molecule has 4 heteroatoms. The lowest BCUT2D eigenvalue weighted by atomic mass is 9.81. The largest absolute Gasteiger partial charge is 0.375 e. The van der Waals surface area contributed by atoms with Crippen molar-refractivity contribution in [1.82, 2.24) is 15.1 Å². The molecule has 1 aliphatic rings. The van der Waals surface area contributed by atoms with E-state index in [1.807, 2.05) is 10.9 Å². The minimum Gasteiger partial charge on any atom is -0.375 e. The molecule has 19 heavy (non-hydrogen) atoms. The molecule has 0 bridgehead atoms. The third-order valence-corrected chi connectivity index (χ3v) is 4.46. The van der Waals surface area contributed by atoms with Gasteiger partial charge in [0.2, 0.25) is 0 Å². The van der Waals surface area contributed by atoms with Crippen LogP contribution in [0, 0.1) is 11.8 Å². The molecule has 4 nitrogen and oxygen atoms in total. The van der Waals surface area contributed by atoms with Crippen LogP contribution in [0.4, 0.5) is 0 Å². The van der Waals surface area contributed by atoms with Crippen molar-refractivity contribution in [3.8, 4) is 0 Å². The number of hydrogen-bond donors (Lipinski definition) is 1. The van der Waals surface area contributed by atoms with E-state index in [0.717, 1.165) is 13.1 Å². The highest BCUT2D eigenvalue weighted by Gasteiger charge is 2.42. The van der Waals surface area contributed by atoms with Crippen LogP contribution in [0.15, 0.2) is 12.4 Å². The highest BCUT2D eigenvalue weighted by Crippen LogP contribution is 2.40. The fourth-order valence-electron chi connectivity index (χ4n) is 3.28. The average Bonchev–Trinajstić information content (AvgIpc) is 2.94. The molecule has 2 rings (SSSR count). The number of ether oxygens (including phenoxy) is 1. The van der Waals surface area contributed by atoms with Gasteiger partial charge < -0.3 is 10.1 Å². The molecular formula is C15H27N3O. The molecule has 1 aliphatic heterocycles. The molecule has 0 saturated carbocycles. The summed E-state index contributed by atoms with van der Waals surface area (Å²) in [6.45, 7) is 12.8. The van der Waals surface area contributed by atoms with Crippen molar-refractivity contribution in [2.45, 2.75) is 59.4 Å². The summed E-state index contributed by atoms with van der Waals surface area (Å²) in [5.74, 6) is 1.06. The smallest absolute Gasteiger partial charge is 0.0600 e. The predicted molar refractivity (Wildman–Crippen MR) is 77.0 cm³/mol. The molecule has 108 valence electrons. The Balaban J connectivity index is 2.24. The first-order valence-corrected chi connectivity index (χ1v) is 7.49. The average molecular weight is 265 g/mol. The molecule has 0 aliphatic carbocycles. The molecule has 0 radical (unpaired) electrons. The Morgan fingerprint density at radius 2 is 2.05 bits per heavy atom. The summed E-state index contributed by atoms with van der Waals surface area (Å²) >= 11 is 0. The molecule has 1 saturated heterocycles. The highest BCUT2D eigenvalue weighted by atomic mass is 16.5. The van der Waals surface area contributed by atoms with Crippen LogP contribution in [0.2, 0.25) is 0 Å². The zero-order chi connectivity index (χ0) is 14.0. The van der Waals surface area contributed by atoms with Gasteiger partial charge in [0.25, 0.3) is 0 Å². The first kappa shape index (κ1) is 14.5. The zero-order valence-electron chi connectivity index (χ0n) is 12.8. The van der Waals surface area contributed by atoms with Gasteiger partial charge in [-0.1, -0.05) is 13.8 Å². The van der Waals surface area contributed by atoms with Crippen molar-refractivity contribution >= 4 is 0 Å². The Hall–Kier alpha value is -0.870. The van der Waals surface area contributed by atoms with Gasteiger partial charge in [-0.15, -0.1) is 0 Å². The van der Waals surface area contributed by atoms with Gasteiger partial charge in [0.15, 0.2) is 0 Å². The number of nitrogens with one attached hydrogen (secondary N) is 1. The lowest BCUT2D eigenvalue weighted by Crippen LogP contribution is -2.34. The first-order chi connectivity index (χ1) is 9.08. The molecule has 1 aromatic rings. The Labute approximate surface area is 116 Å². The third kappa shape index (κ3) is 2.84. The van der Waals surface area contributed by atoms with Crippen LogP contribution < -0.4 is 5.32 Å². The van der Waals surface area contributed by atoms with E-state index in [-0.39, 0.29) is 0 Å². The minimum atomic E-state index is 0.291. The fraction of sp³-hybridized carbons (Fsp3) is 0.800. The Morgan fingerprint density at radius 1 is 1.32 bits per heavy atom. The molecule has 5 atom stereocenters. The monoisotopic (exact) mass is 265 g/mol. The van der Waals surface area contributed by atoms with E-state index in [9.17, 15) is 0 Å². The summed E-state index contributed by atoms with van der Waals surface area (Å²) in [6.07, 6.45) is 4.79. The maximum absolute atomic E-state index is 6.00. The maximum Gasteiger partial charge on any atom is 0.0600 e. The quantitative estimate of drug-likeness (QED) is 0.889. The number of aryl methyl sites for hydroxylation is 1. The van der Waals surface area contributed by atoms with Crippen LogP contribution >= 0.6 is 0 Å². The molecule has 1 fully saturated rings. The van der Waals surface area contributed by atoms with Crippen molar-refractivity contribution in [1.29, 1.82) is 0 Å². The summed E-state index contributed by atoms with van der Waals surface area (Å²) in [5.41, 5.74) is 1.28. The number of nitrogens with zero attached hydrogens (tertiary/aromatic N) is 2. The summed E-state index contributed by atoms with van der Waals surface area (Å²) < 4.78 is 8.00. The van der Waals surface area contributed by atoms with Crippen LogP contribution in [-0.4, -0.2) is 28.5 Å². The van der Waals surface area contributed by atoms with E-state index in [4.69, 9.17) is 4.74 Å². The van der Waals surface area contributed by atoms with Gasteiger partial charge in [-0.05, 0) is 33.2 Å². The topological polar surface area (TPSA) is 39.1 Å². The van der Waals surface area contributed by atoms with E-state index >= 15 is 0 Å². The second-order valence-corrected chi connectivity index (χ2v) is 5.65. The first-order valence-electron chi connectivity index (χ1n) is 7.49. The summed E-state index contributed by atoms with van der Waals surface area (Å²) in [4.78, 5) is 0. The molecular weight excluding hydrogens is 238 g/mol. The van der Waals surface area contributed by atoms with Gasteiger partial charge in [-0.3, -0.25) is 4.68 Å². The lowest BCUT2D eigenvalue weighted by Gasteiger charge is -2.29. The molecule has 0 spiro atoms. The van der Waals surface area contributed by atoms with Gasteiger partial charge in [-0.2, -0.15) is 5.10 Å². The van der Waals surface area contributed by atoms with E-state index in [1.165, 1.54) is 5.56 Å². The molecule has 5 unspecified atom stereocenters. The summed E-state index contributed by atoms with van der Waals surface area (Å²) in [5, 5.41) is 8.04. The normalized spacial score (nSPS) is 32.7. The summed E-state index contributed by atoms with van der Waals surface area (Å²) in [6, 6.07) is 0.334. The van der Waals surface area contributed by atoms with Gasteiger partial charge in [0.1, 0.15) is 0 Å². The highest BCUT2D eigenvalue weighted by molar-refractivity contribution is 5.14. The zero-order valence-corrected chi connectivity index (χ0v) is 12.8. The van der Waals surface area contributed by atoms with Crippen LogP contribution in [0.3, 0.4) is 0 Å². The Bertz CT molecular complexity index is 404. The van der Waals surface area contributed by atoms with Gasteiger partial charge in [-0.25, -0.2) is 0 Å². The predicted octanol–water partition coefficient (Wildman–Crippen LogP) is 2.61. The maximum atomic E-state index is 6.00. The van der Waals surface area contributed by atoms with Gasteiger partial charge in [0, 0.05) is 30.3 Å². The van der Waals surface area contributed by atoms with E-state index < -0.39 is 0 Å². The van der Waals surface area contributed by atoms with E-state index in [0.29, 0.717) is 30.1 Å². The molecule has 1 aromatic heterocycles. The van der Waals surface area contributed by atoms with Crippen molar-refractivity contribution in [3.63, 3.8) is 0 Å². The van der Waals surface area contributed by atoms with Gasteiger partial charge >= 0.3 is 0 Å². The third-order valence-electron chi connectivity index (χ3n) is 4.46. The Morgan fingerprint density at radius 3 is 2.53 bits per heavy atom. The van der Waals surface area contributed by atoms with Gasteiger partial charge in [0.05, 0.1) is 18.4 Å². The fourth-order valence-corrected chi connectivity index (χ4v) is 3.28. The van der Waals surface area contributed by atoms with E-state index in [2.05, 4.69) is 51.2 Å². The molecule has 2 heterocycles. The van der Waals surface area contributed by atoms with Crippen LogP contribution in [-0.2, 0) is 11.3 Å².